The fourth-order valence-electron chi connectivity index (χ4n) is 3.10. The maximum absolute atomic E-state index is 12.0. The topological polar surface area (TPSA) is 59.0 Å². The van der Waals surface area contributed by atoms with E-state index in [2.05, 4.69) is 5.10 Å². The summed E-state index contributed by atoms with van der Waals surface area (Å²) in [5.41, 5.74) is 2.00. The Hall–Kier alpha value is -1.56. The fourth-order valence-corrected chi connectivity index (χ4v) is 4.04. The second kappa shape index (κ2) is 4.77. The molecule has 0 bridgehead atoms. The highest BCUT2D eigenvalue weighted by Crippen LogP contribution is 2.44. The van der Waals surface area contributed by atoms with Crippen LogP contribution in [0.2, 0.25) is 0 Å². The number of hydrogen-bond donors (Lipinski definition) is 0. The van der Waals surface area contributed by atoms with E-state index in [-0.39, 0.29) is 12.0 Å². The van der Waals surface area contributed by atoms with E-state index in [1.54, 1.807) is 7.11 Å². The van der Waals surface area contributed by atoms with Gasteiger partial charge in [-0.15, -0.1) is 0 Å². The van der Waals surface area contributed by atoms with Gasteiger partial charge < -0.3 is 4.74 Å². The van der Waals surface area contributed by atoms with Crippen LogP contribution in [0, 0.1) is 5.92 Å². The largest absolute Gasteiger partial charge is 0.497 e. The quantitative estimate of drug-likeness (QED) is 0.858. The molecule has 2 aliphatic rings. The van der Waals surface area contributed by atoms with Crippen LogP contribution in [0.15, 0.2) is 29.4 Å². The SMILES string of the molecule is COc1ccc(C2C3CCCC3=NN2S(C)(=O)=O)cc1. The molecule has 0 aromatic heterocycles. The monoisotopic (exact) mass is 294 g/mol. The van der Waals surface area contributed by atoms with E-state index in [1.165, 1.54) is 10.7 Å². The molecule has 1 aromatic rings. The third-order valence-corrected chi connectivity index (χ3v) is 5.01. The summed E-state index contributed by atoms with van der Waals surface area (Å²) in [6, 6.07) is 7.39. The summed E-state index contributed by atoms with van der Waals surface area (Å²) in [6.45, 7) is 0. The summed E-state index contributed by atoms with van der Waals surface area (Å²) in [6.07, 6.45) is 4.22. The normalized spacial score (nSPS) is 25.5. The molecule has 3 rings (SSSR count). The van der Waals surface area contributed by atoms with E-state index in [0.717, 1.165) is 36.3 Å². The molecule has 20 heavy (non-hydrogen) atoms. The minimum absolute atomic E-state index is 0.201. The van der Waals surface area contributed by atoms with Crippen molar-refractivity contribution in [2.45, 2.75) is 25.3 Å². The summed E-state index contributed by atoms with van der Waals surface area (Å²) >= 11 is 0. The van der Waals surface area contributed by atoms with Crippen LogP contribution in [-0.4, -0.2) is 31.9 Å². The molecule has 1 aliphatic carbocycles. The lowest BCUT2D eigenvalue weighted by Gasteiger charge is -2.25. The highest BCUT2D eigenvalue weighted by molar-refractivity contribution is 7.88. The summed E-state index contributed by atoms with van der Waals surface area (Å²) < 4.78 is 30.4. The van der Waals surface area contributed by atoms with Crippen molar-refractivity contribution >= 4 is 15.7 Å². The number of ether oxygens (including phenoxy) is 1. The maximum atomic E-state index is 12.0. The van der Waals surface area contributed by atoms with Gasteiger partial charge in [0.05, 0.1) is 19.4 Å². The van der Waals surface area contributed by atoms with Crippen molar-refractivity contribution in [2.75, 3.05) is 13.4 Å². The van der Waals surface area contributed by atoms with Gasteiger partial charge in [0.25, 0.3) is 0 Å². The number of fused-ring (bicyclic) bond motifs is 1. The van der Waals surface area contributed by atoms with E-state index in [9.17, 15) is 8.42 Å². The number of hydrazone groups is 1. The zero-order valence-electron chi connectivity index (χ0n) is 11.6. The van der Waals surface area contributed by atoms with Gasteiger partial charge in [-0.2, -0.15) is 9.52 Å². The first-order chi connectivity index (χ1) is 9.50. The minimum Gasteiger partial charge on any atom is -0.497 e. The van der Waals surface area contributed by atoms with Gasteiger partial charge in [-0.05, 0) is 37.0 Å². The number of sulfonamides is 1. The van der Waals surface area contributed by atoms with Crippen LogP contribution >= 0.6 is 0 Å². The van der Waals surface area contributed by atoms with Crippen molar-refractivity contribution in [3.05, 3.63) is 29.8 Å². The van der Waals surface area contributed by atoms with E-state index in [4.69, 9.17) is 4.74 Å². The number of methoxy groups -OCH3 is 1. The molecule has 1 fully saturated rings. The molecular weight excluding hydrogens is 276 g/mol. The Balaban J connectivity index is 2.00. The average molecular weight is 294 g/mol. The molecule has 1 aliphatic heterocycles. The first kappa shape index (κ1) is 13.4. The van der Waals surface area contributed by atoms with E-state index < -0.39 is 10.0 Å². The summed E-state index contributed by atoms with van der Waals surface area (Å²) in [7, 11) is -1.73. The van der Waals surface area contributed by atoms with E-state index in [0.29, 0.717) is 0 Å². The zero-order chi connectivity index (χ0) is 14.3. The van der Waals surface area contributed by atoms with Crippen LogP contribution in [0.4, 0.5) is 0 Å². The van der Waals surface area contributed by atoms with Crippen LogP contribution < -0.4 is 4.74 Å². The lowest BCUT2D eigenvalue weighted by molar-refractivity contribution is 0.319. The molecule has 0 saturated heterocycles. The summed E-state index contributed by atoms with van der Waals surface area (Å²) in [5.74, 6) is 0.989. The molecule has 1 saturated carbocycles. The lowest BCUT2D eigenvalue weighted by Crippen LogP contribution is -2.29. The molecule has 1 aromatic carbocycles. The molecule has 0 amide bonds. The molecule has 2 unspecified atom stereocenters. The van der Waals surface area contributed by atoms with Crippen LogP contribution in [-0.2, 0) is 10.0 Å². The van der Waals surface area contributed by atoms with Crippen LogP contribution in [0.25, 0.3) is 0 Å². The third-order valence-electron chi connectivity index (χ3n) is 4.02. The predicted molar refractivity (Wildman–Crippen MR) is 77.2 cm³/mol. The Morgan fingerprint density at radius 1 is 1.30 bits per heavy atom. The van der Waals surface area contributed by atoms with Crippen molar-refractivity contribution in [3.63, 3.8) is 0 Å². The highest BCUT2D eigenvalue weighted by atomic mass is 32.2. The molecule has 2 atom stereocenters. The van der Waals surface area contributed by atoms with Gasteiger partial charge in [-0.3, -0.25) is 0 Å². The standard InChI is InChI=1S/C14H18N2O3S/c1-19-11-8-6-10(7-9-11)14-12-4-3-5-13(12)15-16(14)20(2,17)18/h6-9,12,14H,3-5H2,1-2H3. The van der Waals surface area contributed by atoms with Gasteiger partial charge in [0, 0.05) is 11.6 Å². The Bertz CT molecular complexity index is 637. The fraction of sp³-hybridized carbons (Fsp3) is 0.500. The van der Waals surface area contributed by atoms with Crippen molar-refractivity contribution < 1.29 is 13.2 Å². The highest BCUT2D eigenvalue weighted by Gasteiger charge is 2.44. The molecule has 108 valence electrons. The number of hydrogen-bond acceptors (Lipinski definition) is 4. The van der Waals surface area contributed by atoms with Gasteiger partial charge in [0.1, 0.15) is 5.75 Å². The molecular formula is C14H18N2O3S. The third kappa shape index (κ3) is 2.18. The van der Waals surface area contributed by atoms with Gasteiger partial charge >= 0.3 is 0 Å². The lowest BCUT2D eigenvalue weighted by atomic mass is 9.92. The molecule has 6 heteroatoms. The Morgan fingerprint density at radius 3 is 2.60 bits per heavy atom. The summed E-state index contributed by atoms with van der Waals surface area (Å²) in [5, 5.41) is 4.35. The molecule has 0 spiro atoms. The Kier molecular flexibility index (Phi) is 3.20. The molecule has 0 radical (unpaired) electrons. The first-order valence-electron chi connectivity index (χ1n) is 6.71. The number of rotatable bonds is 3. The van der Waals surface area contributed by atoms with Gasteiger partial charge in [-0.1, -0.05) is 12.1 Å². The van der Waals surface area contributed by atoms with Gasteiger partial charge in [-0.25, -0.2) is 8.42 Å². The Labute approximate surface area is 119 Å². The second-order valence-corrected chi connectivity index (χ2v) is 7.18. The van der Waals surface area contributed by atoms with Gasteiger partial charge in [0.2, 0.25) is 10.0 Å². The maximum Gasteiger partial charge on any atom is 0.247 e. The molecule has 5 nitrogen and oxygen atoms in total. The number of benzene rings is 1. The average Bonchev–Trinajstić information content (AvgIpc) is 2.98. The molecule has 1 heterocycles. The van der Waals surface area contributed by atoms with E-state index >= 15 is 0 Å². The van der Waals surface area contributed by atoms with Crippen LogP contribution in [0.5, 0.6) is 5.75 Å². The van der Waals surface area contributed by atoms with Crippen LogP contribution in [0.1, 0.15) is 30.9 Å². The Morgan fingerprint density at radius 2 is 2.00 bits per heavy atom. The number of nitrogens with zero attached hydrogens (tertiary/aromatic N) is 2. The zero-order valence-corrected chi connectivity index (χ0v) is 12.4. The van der Waals surface area contributed by atoms with Crippen molar-refractivity contribution in [1.82, 2.24) is 4.41 Å². The van der Waals surface area contributed by atoms with Crippen molar-refractivity contribution in [1.29, 1.82) is 0 Å². The first-order valence-corrected chi connectivity index (χ1v) is 8.56. The summed E-state index contributed by atoms with van der Waals surface area (Å²) in [4.78, 5) is 0. The predicted octanol–water partition coefficient (Wildman–Crippen LogP) is 2.17. The molecule has 0 N–H and O–H groups in total. The van der Waals surface area contributed by atoms with Gasteiger partial charge in [0.15, 0.2) is 0 Å². The van der Waals surface area contributed by atoms with Crippen molar-refractivity contribution in [3.8, 4) is 5.75 Å². The van der Waals surface area contributed by atoms with Crippen molar-refractivity contribution in [2.24, 2.45) is 11.0 Å². The van der Waals surface area contributed by atoms with E-state index in [1.807, 2.05) is 24.3 Å². The van der Waals surface area contributed by atoms with Crippen LogP contribution in [0.3, 0.4) is 0 Å². The second-order valence-electron chi connectivity index (χ2n) is 5.34. The minimum atomic E-state index is -3.34. The smallest absolute Gasteiger partial charge is 0.247 e.